The highest BCUT2D eigenvalue weighted by molar-refractivity contribution is 5.76. The normalized spacial score (nSPS) is 13.9. The van der Waals surface area contributed by atoms with E-state index in [9.17, 15) is 15.0 Å². The predicted octanol–water partition coefficient (Wildman–Crippen LogP) is 16.9. The Morgan fingerprint density at radius 1 is 0.403 bits per heavy atom. The number of rotatable bonds is 45. The van der Waals surface area contributed by atoms with Gasteiger partial charge in [-0.1, -0.05) is 238 Å². The second kappa shape index (κ2) is 52.1. The van der Waals surface area contributed by atoms with Crippen LogP contribution in [0, 0.1) is 0 Å². The minimum absolute atomic E-state index is 0.0835. The van der Waals surface area contributed by atoms with Crippen LogP contribution in [0.15, 0.2) is 122 Å². The lowest BCUT2D eigenvalue weighted by Gasteiger charge is -2.19. The summed E-state index contributed by atoms with van der Waals surface area (Å²) in [5, 5.41) is 22.9. The van der Waals surface area contributed by atoms with E-state index < -0.39 is 12.1 Å². The van der Waals surface area contributed by atoms with Gasteiger partial charge in [0.1, 0.15) is 0 Å². The molecule has 2 atom stereocenters. The first-order valence-electron chi connectivity index (χ1n) is 25.7. The van der Waals surface area contributed by atoms with Crippen molar-refractivity contribution in [1.29, 1.82) is 0 Å². The van der Waals surface area contributed by atoms with E-state index in [-0.39, 0.29) is 12.5 Å². The molecule has 2 unspecified atom stereocenters. The van der Waals surface area contributed by atoms with Crippen LogP contribution >= 0.6 is 0 Å². The van der Waals surface area contributed by atoms with Crippen LogP contribution in [0.2, 0.25) is 0 Å². The number of allylic oxidation sites excluding steroid dienone is 19. The third-order valence-corrected chi connectivity index (χ3v) is 10.9. The lowest BCUT2D eigenvalue weighted by Crippen LogP contribution is -2.45. The van der Waals surface area contributed by atoms with Gasteiger partial charge in [-0.3, -0.25) is 4.79 Å². The number of aliphatic hydroxyl groups is 2. The second-order valence-corrected chi connectivity index (χ2v) is 16.8. The highest BCUT2D eigenvalue weighted by atomic mass is 16.3. The first-order valence-corrected chi connectivity index (χ1v) is 25.7. The van der Waals surface area contributed by atoms with Gasteiger partial charge in [0.25, 0.3) is 0 Å². The van der Waals surface area contributed by atoms with Crippen molar-refractivity contribution >= 4 is 5.91 Å². The standard InChI is InChI=1S/C58H97NO3/c1-3-5-7-9-11-13-15-16-17-18-19-20-21-22-23-24-25-26-27-28-29-30-31-32-33-34-35-36-37-38-39-40-41-42-44-46-48-50-52-54-58(62)59-56(55-60)57(61)53-51-49-47-45-43-14-12-10-8-6-4-2/h5,7-8,10-11,13,16-17,19-20,22-23,25-26,28-29,43,45,51,53,56-57,60-61H,3-4,6,9,12,14-15,18,21,24,27,30-42,44,46-50,52,54-55H2,1-2H3,(H,59,62)/b7-5-,10-8+,13-11-,17-16-,20-19-,23-22-,26-25-,29-28-,45-43+,53-51+. The molecule has 0 saturated carbocycles. The van der Waals surface area contributed by atoms with Gasteiger partial charge >= 0.3 is 0 Å². The van der Waals surface area contributed by atoms with Gasteiger partial charge in [0.2, 0.25) is 5.91 Å². The number of hydrogen-bond acceptors (Lipinski definition) is 3. The Morgan fingerprint density at radius 2 is 0.726 bits per heavy atom. The monoisotopic (exact) mass is 856 g/mol. The molecule has 0 aromatic carbocycles. The Kier molecular flexibility index (Phi) is 49.4. The average molecular weight is 856 g/mol. The van der Waals surface area contributed by atoms with Gasteiger partial charge in [-0.25, -0.2) is 0 Å². The van der Waals surface area contributed by atoms with Gasteiger partial charge in [-0.15, -0.1) is 0 Å². The van der Waals surface area contributed by atoms with Crippen LogP contribution in [0.1, 0.15) is 219 Å². The maximum absolute atomic E-state index is 12.4. The van der Waals surface area contributed by atoms with Gasteiger partial charge in [-0.05, 0) is 96.3 Å². The van der Waals surface area contributed by atoms with Crippen molar-refractivity contribution in [2.24, 2.45) is 0 Å². The number of hydrogen-bond donors (Lipinski definition) is 3. The Labute approximate surface area is 384 Å². The van der Waals surface area contributed by atoms with Crippen LogP contribution in [0.4, 0.5) is 0 Å². The van der Waals surface area contributed by atoms with Crippen molar-refractivity contribution in [1.82, 2.24) is 5.32 Å². The number of amides is 1. The van der Waals surface area contributed by atoms with Crippen LogP contribution in [0.5, 0.6) is 0 Å². The summed E-state index contributed by atoms with van der Waals surface area (Å²) in [5.74, 6) is -0.0835. The molecule has 3 N–H and O–H groups in total. The van der Waals surface area contributed by atoms with E-state index in [1.807, 2.05) is 6.08 Å². The molecule has 62 heavy (non-hydrogen) atoms. The molecule has 0 aromatic heterocycles. The van der Waals surface area contributed by atoms with Crippen LogP contribution in [0.25, 0.3) is 0 Å². The Hall–Kier alpha value is -3.21. The van der Waals surface area contributed by atoms with Gasteiger partial charge in [0.05, 0.1) is 18.8 Å². The van der Waals surface area contributed by atoms with E-state index >= 15 is 0 Å². The largest absolute Gasteiger partial charge is 0.394 e. The molecule has 352 valence electrons. The quantitative estimate of drug-likeness (QED) is 0.0422. The molecule has 0 saturated heterocycles. The van der Waals surface area contributed by atoms with Crippen LogP contribution in [-0.4, -0.2) is 34.9 Å². The van der Waals surface area contributed by atoms with Crippen molar-refractivity contribution in [3.05, 3.63) is 122 Å². The topological polar surface area (TPSA) is 69.6 Å². The molecule has 0 rings (SSSR count). The van der Waals surface area contributed by atoms with Crippen LogP contribution in [0.3, 0.4) is 0 Å². The summed E-state index contributed by atoms with van der Waals surface area (Å²) in [7, 11) is 0. The molecule has 0 heterocycles. The molecule has 0 fully saturated rings. The molecule has 0 aliphatic rings. The van der Waals surface area contributed by atoms with Crippen molar-refractivity contribution in [3.8, 4) is 0 Å². The van der Waals surface area contributed by atoms with Gasteiger partial charge in [0, 0.05) is 6.42 Å². The maximum Gasteiger partial charge on any atom is 0.220 e. The summed E-state index contributed by atoms with van der Waals surface area (Å²) < 4.78 is 0. The zero-order valence-corrected chi connectivity index (χ0v) is 40.3. The number of unbranched alkanes of at least 4 members (excludes halogenated alkanes) is 20. The molecule has 0 aliphatic carbocycles. The molecule has 0 aromatic rings. The van der Waals surface area contributed by atoms with Crippen molar-refractivity contribution in [2.45, 2.75) is 231 Å². The summed E-state index contributed by atoms with van der Waals surface area (Å²) in [4.78, 5) is 12.4. The summed E-state index contributed by atoms with van der Waals surface area (Å²) in [6, 6.07) is -0.649. The lowest BCUT2D eigenvalue weighted by molar-refractivity contribution is -0.123. The van der Waals surface area contributed by atoms with Gasteiger partial charge < -0.3 is 15.5 Å². The number of carbonyl (C=O) groups is 1. The first-order chi connectivity index (χ1) is 30.7. The van der Waals surface area contributed by atoms with Crippen molar-refractivity contribution < 1.29 is 15.0 Å². The Bertz CT molecular complexity index is 1240. The minimum atomic E-state index is -0.873. The Balaban J connectivity index is 3.52. The summed E-state index contributed by atoms with van der Waals surface area (Å²) in [6.45, 7) is 4.09. The van der Waals surface area contributed by atoms with Crippen LogP contribution in [-0.2, 0) is 4.79 Å². The van der Waals surface area contributed by atoms with E-state index in [4.69, 9.17) is 0 Å². The van der Waals surface area contributed by atoms with E-state index in [1.165, 1.54) is 109 Å². The third-order valence-electron chi connectivity index (χ3n) is 10.9. The smallest absolute Gasteiger partial charge is 0.220 e. The molecule has 4 heteroatoms. The molecule has 0 aliphatic heterocycles. The predicted molar refractivity (Wildman–Crippen MR) is 276 cm³/mol. The maximum atomic E-state index is 12.4. The van der Waals surface area contributed by atoms with Crippen LogP contribution < -0.4 is 5.32 Å². The minimum Gasteiger partial charge on any atom is -0.394 e. The molecular weight excluding hydrogens is 759 g/mol. The molecule has 1 amide bonds. The summed E-state index contributed by atoms with van der Waals surface area (Å²) in [6.07, 6.45) is 80.7. The fourth-order valence-corrected chi connectivity index (χ4v) is 7.02. The fraction of sp³-hybridized carbons (Fsp3) is 0.638. The SMILES string of the molecule is CC/C=C\C/C=C\C/C=C\C/C=C\C/C=C\C/C=C\C/C=C\CCCCCCCCCCCCCCCCCCCC(=O)NC(CO)C(O)/C=C/CC/C=C/CC/C=C/CCC. The molecule has 0 bridgehead atoms. The lowest BCUT2D eigenvalue weighted by atomic mass is 10.0. The zero-order valence-electron chi connectivity index (χ0n) is 40.3. The van der Waals surface area contributed by atoms with Crippen molar-refractivity contribution in [2.75, 3.05) is 6.61 Å². The second-order valence-electron chi connectivity index (χ2n) is 16.8. The number of nitrogens with one attached hydrogen (secondary N) is 1. The Morgan fingerprint density at radius 3 is 1.11 bits per heavy atom. The average Bonchev–Trinajstić information content (AvgIpc) is 3.28. The van der Waals surface area contributed by atoms with E-state index in [0.717, 1.165) is 89.9 Å². The summed E-state index contributed by atoms with van der Waals surface area (Å²) in [5.41, 5.74) is 0. The van der Waals surface area contributed by atoms with E-state index in [1.54, 1.807) is 6.08 Å². The number of carbonyl (C=O) groups excluding carboxylic acids is 1. The zero-order chi connectivity index (χ0) is 44.9. The first kappa shape index (κ1) is 58.8. The third kappa shape index (κ3) is 47.8. The van der Waals surface area contributed by atoms with Gasteiger partial charge in [0.15, 0.2) is 0 Å². The van der Waals surface area contributed by atoms with Crippen molar-refractivity contribution in [3.63, 3.8) is 0 Å². The van der Waals surface area contributed by atoms with E-state index in [0.29, 0.717) is 6.42 Å². The fourth-order valence-electron chi connectivity index (χ4n) is 7.02. The van der Waals surface area contributed by atoms with E-state index in [2.05, 4.69) is 129 Å². The molecule has 0 radical (unpaired) electrons. The summed E-state index contributed by atoms with van der Waals surface area (Å²) >= 11 is 0. The highest BCUT2D eigenvalue weighted by Gasteiger charge is 2.17. The molecule has 0 spiro atoms. The molecular formula is C58H97NO3. The molecule has 4 nitrogen and oxygen atoms in total. The van der Waals surface area contributed by atoms with Gasteiger partial charge in [-0.2, -0.15) is 0 Å². The highest BCUT2D eigenvalue weighted by Crippen LogP contribution is 2.15. The number of aliphatic hydroxyl groups excluding tert-OH is 2.